The SMILES string of the molecule is CN(C(=O)c1cc2ccccc2n(C(=O)C2=CC=CC2)c1=O)c1ccc(Br)cc1. The molecule has 0 spiro atoms. The van der Waals surface area contributed by atoms with Crippen molar-refractivity contribution >= 4 is 44.3 Å². The molecule has 0 N–H and O–H groups in total. The van der Waals surface area contributed by atoms with Crippen LogP contribution < -0.4 is 10.5 Å². The van der Waals surface area contributed by atoms with Crippen LogP contribution in [0.1, 0.15) is 21.6 Å². The molecule has 5 nitrogen and oxygen atoms in total. The van der Waals surface area contributed by atoms with Crippen molar-refractivity contribution in [2.75, 3.05) is 11.9 Å². The van der Waals surface area contributed by atoms with Gasteiger partial charge in [0.05, 0.1) is 5.52 Å². The normalized spacial score (nSPS) is 12.8. The van der Waals surface area contributed by atoms with Gasteiger partial charge in [0.25, 0.3) is 17.4 Å². The van der Waals surface area contributed by atoms with Gasteiger partial charge in [-0.3, -0.25) is 14.4 Å². The van der Waals surface area contributed by atoms with E-state index in [2.05, 4.69) is 15.9 Å². The van der Waals surface area contributed by atoms with Gasteiger partial charge in [0, 0.05) is 22.8 Å². The van der Waals surface area contributed by atoms with Crippen molar-refractivity contribution in [2.45, 2.75) is 6.42 Å². The lowest BCUT2D eigenvalue weighted by Crippen LogP contribution is -2.37. The van der Waals surface area contributed by atoms with Gasteiger partial charge in [-0.05, 0) is 48.2 Å². The average molecular weight is 449 g/mol. The van der Waals surface area contributed by atoms with Gasteiger partial charge in [-0.1, -0.05) is 52.4 Å². The highest BCUT2D eigenvalue weighted by Crippen LogP contribution is 2.21. The fraction of sp³-hybridized carbons (Fsp3) is 0.0870. The van der Waals surface area contributed by atoms with Gasteiger partial charge in [-0.15, -0.1) is 0 Å². The van der Waals surface area contributed by atoms with Crippen LogP contribution in [0.5, 0.6) is 0 Å². The fourth-order valence-corrected chi connectivity index (χ4v) is 3.59. The first-order chi connectivity index (χ1) is 14.0. The lowest BCUT2D eigenvalue weighted by atomic mass is 10.1. The zero-order chi connectivity index (χ0) is 20.5. The zero-order valence-corrected chi connectivity index (χ0v) is 17.2. The topological polar surface area (TPSA) is 59.4 Å². The number of halogens is 1. The molecule has 1 aliphatic carbocycles. The van der Waals surface area contributed by atoms with Gasteiger partial charge in [0.1, 0.15) is 5.56 Å². The van der Waals surface area contributed by atoms with Gasteiger partial charge in [-0.2, -0.15) is 0 Å². The summed E-state index contributed by atoms with van der Waals surface area (Å²) in [6.45, 7) is 0. The van der Waals surface area contributed by atoms with Crippen molar-refractivity contribution in [3.63, 3.8) is 0 Å². The summed E-state index contributed by atoms with van der Waals surface area (Å²) in [6.07, 6.45) is 5.82. The van der Waals surface area contributed by atoms with E-state index in [0.29, 0.717) is 28.6 Å². The first kappa shape index (κ1) is 19.1. The summed E-state index contributed by atoms with van der Waals surface area (Å²) in [4.78, 5) is 40.9. The molecule has 0 saturated heterocycles. The van der Waals surface area contributed by atoms with Gasteiger partial charge in [0.15, 0.2) is 0 Å². The number of fused-ring (bicyclic) bond motifs is 1. The highest BCUT2D eigenvalue weighted by Gasteiger charge is 2.24. The number of aromatic nitrogens is 1. The molecule has 4 rings (SSSR count). The molecule has 1 aliphatic rings. The van der Waals surface area contributed by atoms with Crippen molar-refractivity contribution in [1.82, 2.24) is 4.57 Å². The highest BCUT2D eigenvalue weighted by molar-refractivity contribution is 9.10. The molecule has 0 bridgehead atoms. The third kappa shape index (κ3) is 3.47. The standard InChI is InChI=1S/C23H17BrN2O3/c1-25(18-12-10-17(24)11-13-18)22(28)19-14-16-8-4-5-9-20(16)26(23(19)29)21(27)15-6-2-3-7-15/h2-6,8-14H,7H2,1H3. The van der Waals surface area contributed by atoms with E-state index >= 15 is 0 Å². The number of rotatable bonds is 3. The molecule has 6 heteroatoms. The number of hydrogen-bond acceptors (Lipinski definition) is 3. The first-order valence-electron chi connectivity index (χ1n) is 9.06. The van der Waals surface area contributed by atoms with Gasteiger partial charge < -0.3 is 4.90 Å². The van der Waals surface area contributed by atoms with Crippen molar-refractivity contribution < 1.29 is 9.59 Å². The Morgan fingerprint density at radius 1 is 1.07 bits per heavy atom. The Bertz CT molecular complexity index is 1250. The van der Waals surface area contributed by atoms with Crippen LogP contribution in [0.3, 0.4) is 0 Å². The van der Waals surface area contributed by atoms with Crippen LogP contribution >= 0.6 is 15.9 Å². The molecule has 0 radical (unpaired) electrons. The minimum Gasteiger partial charge on any atom is -0.311 e. The predicted molar refractivity (Wildman–Crippen MR) is 118 cm³/mol. The number of carbonyl (C=O) groups is 2. The molecule has 1 heterocycles. The van der Waals surface area contributed by atoms with Crippen molar-refractivity contribution in [2.24, 2.45) is 0 Å². The number of benzene rings is 2. The maximum Gasteiger partial charge on any atom is 0.270 e. The Labute approximate surface area is 175 Å². The molecule has 1 amide bonds. The minimum atomic E-state index is -0.615. The van der Waals surface area contributed by atoms with Crippen LogP contribution in [0.2, 0.25) is 0 Å². The fourth-order valence-electron chi connectivity index (χ4n) is 3.33. The number of amides is 1. The molecule has 0 fully saturated rings. The molecule has 2 aromatic carbocycles. The smallest absolute Gasteiger partial charge is 0.270 e. The van der Waals surface area contributed by atoms with E-state index in [9.17, 15) is 14.4 Å². The van der Waals surface area contributed by atoms with Crippen LogP contribution in [0.4, 0.5) is 5.69 Å². The van der Waals surface area contributed by atoms with Gasteiger partial charge >= 0.3 is 0 Å². The molecule has 0 unspecified atom stereocenters. The van der Waals surface area contributed by atoms with E-state index in [-0.39, 0.29) is 5.56 Å². The van der Waals surface area contributed by atoms with E-state index < -0.39 is 17.4 Å². The van der Waals surface area contributed by atoms with Crippen LogP contribution in [-0.2, 0) is 0 Å². The summed E-state index contributed by atoms with van der Waals surface area (Å²) in [5, 5.41) is 0.652. The Morgan fingerprint density at radius 3 is 2.48 bits per heavy atom. The van der Waals surface area contributed by atoms with Crippen LogP contribution in [-0.4, -0.2) is 23.4 Å². The molecule has 29 heavy (non-hydrogen) atoms. The van der Waals surface area contributed by atoms with Crippen molar-refractivity contribution in [1.29, 1.82) is 0 Å². The van der Waals surface area contributed by atoms with E-state index in [1.165, 1.54) is 4.90 Å². The summed E-state index contributed by atoms with van der Waals surface area (Å²) in [6, 6.07) is 15.8. The molecule has 144 valence electrons. The molecule has 0 saturated carbocycles. The first-order valence-corrected chi connectivity index (χ1v) is 9.85. The maximum absolute atomic E-state index is 13.3. The number of para-hydroxylation sites is 1. The second-order valence-electron chi connectivity index (χ2n) is 6.73. The van der Waals surface area contributed by atoms with E-state index in [1.54, 1.807) is 55.6 Å². The lowest BCUT2D eigenvalue weighted by Gasteiger charge is -2.19. The number of pyridine rings is 1. The monoisotopic (exact) mass is 448 g/mol. The number of anilines is 1. The van der Waals surface area contributed by atoms with Crippen molar-refractivity contribution in [3.8, 4) is 0 Å². The second kappa shape index (κ2) is 7.64. The molecule has 1 aromatic heterocycles. The van der Waals surface area contributed by atoms with E-state index in [4.69, 9.17) is 0 Å². The zero-order valence-electron chi connectivity index (χ0n) is 15.6. The Morgan fingerprint density at radius 2 is 1.79 bits per heavy atom. The van der Waals surface area contributed by atoms with E-state index in [1.807, 2.05) is 24.3 Å². The summed E-state index contributed by atoms with van der Waals surface area (Å²) < 4.78 is 2.00. The number of carbonyl (C=O) groups excluding carboxylic acids is 2. The second-order valence-corrected chi connectivity index (χ2v) is 7.64. The average Bonchev–Trinajstić information content (AvgIpc) is 3.27. The predicted octanol–water partition coefficient (Wildman–Crippen LogP) is 4.57. The van der Waals surface area contributed by atoms with Gasteiger partial charge in [0.2, 0.25) is 0 Å². The number of allylic oxidation sites excluding steroid dienone is 4. The van der Waals surface area contributed by atoms with E-state index in [0.717, 1.165) is 9.04 Å². The minimum absolute atomic E-state index is 0.0472. The highest BCUT2D eigenvalue weighted by atomic mass is 79.9. The Hall–Kier alpha value is -3.25. The summed E-state index contributed by atoms with van der Waals surface area (Å²) in [5.74, 6) is -0.875. The maximum atomic E-state index is 13.3. The van der Waals surface area contributed by atoms with Crippen LogP contribution in [0.15, 0.2) is 87.7 Å². The summed E-state index contributed by atoms with van der Waals surface area (Å²) in [7, 11) is 1.61. The summed E-state index contributed by atoms with van der Waals surface area (Å²) in [5.41, 5.74) is 0.983. The molecular weight excluding hydrogens is 432 g/mol. The Balaban J connectivity index is 1.86. The summed E-state index contributed by atoms with van der Waals surface area (Å²) >= 11 is 3.37. The largest absolute Gasteiger partial charge is 0.311 e. The molecule has 0 aliphatic heterocycles. The number of nitrogens with zero attached hydrogens (tertiary/aromatic N) is 2. The third-order valence-corrected chi connectivity index (χ3v) is 5.44. The number of hydrogen-bond donors (Lipinski definition) is 0. The molecular formula is C23H17BrN2O3. The lowest BCUT2D eigenvalue weighted by molar-refractivity contribution is 0.0953. The Kier molecular flexibility index (Phi) is 5.03. The van der Waals surface area contributed by atoms with Gasteiger partial charge in [-0.25, -0.2) is 4.57 Å². The third-order valence-electron chi connectivity index (χ3n) is 4.91. The quantitative estimate of drug-likeness (QED) is 0.589. The van der Waals surface area contributed by atoms with Crippen LogP contribution in [0.25, 0.3) is 10.9 Å². The van der Waals surface area contributed by atoms with Crippen LogP contribution in [0, 0.1) is 0 Å². The molecule has 0 atom stereocenters. The van der Waals surface area contributed by atoms with Crippen molar-refractivity contribution in [3.05, 3.63) is 98.8 Å². The molecule has 3 aromatic rings.